The lowest BCUT2D eigenvalue weighted by molar-refractivity contribution is 0.219. The Balaban J connectivity index is 1.88. The van der Waals surface area contributed by atoms with Gasteiger partial charge in [0.15, 0.2) is 0 Å². The number of methoxy groups -OCH3 is 1. The van der Waals surface area contributed by atoms with E-state index in [-0.39, 0.29) is 0 Å². The van der Waals surface area contributed by atoms with Crippen LogP contribution < -0.4 is 4.74 Å². The molecular weight excluding hydrogens is 256 g/mol. The second-order valence-corrected chi connectivity index (χ2v) is 6.00. The van der Waals surface area contributed by atoms with Crippen molar-refractivity contribution in [1.29, 1.82) is 0 Å². The van der Waals surface area contributed by atoms with Crippen LogP contribution in [0.1, 0.15) is 47.3 Å². The van der Waals surface area contributed by atoms with Crippen LogP contribution in [0.3, 0.4) is 0 Å². The topological polar surface area (TPSA) is 29.5 Å². The van der Waals surface area contributed by atoms with Gasteiger partial charge in [-0.25, -0.2) is 0 Å². The first-order chi connectivity index (χ1) is 9.29. The average molecular weight is 274 g/mol. The molecule has 100 valence electrons. The molecule has 0 aliphatic heterocycles. The largest absolute Gasteiger partial charge is 0.495 e. The summed E-state index contributed by atoms with van der Waals surface area (Å²) in [5.41, 5.74) is 2.32. The maximum atomic E-state index is 10.5. The maximum Gasteiger partial charge on any atom is 0.135 e. The van der Waals surface area contributed by atoms with Gasteiger partial charge in [-0.3, -0.25) is 0 Å². The van der Waals surface area contributed by atoms with E-state index < -0.39 is 6.10 Å². The van der Waals surface area contributed by atoms with Crippen LogP contribution in [-0.4, -0.2) is 12.2 Å². The molecule has 2 nitrogen and oxygen atoms in total. The molecule has 0 bridgehead atoms. The highest BCUT2D eigenvalue weighted by Gasteiger charge is 2.22. The molecule has 1 atom stereocenters. The Bertz CT molecular complexity index is 557. The van der Waals surface area contributed by atoms with Gasteiger partial charge in [0.2, 0.25) is 0 Å². The first-order valence-corrected chi connectivity index (χ1v) is 7.57. The van der Waals surface area contributed by atoms with Crippen LogP contribution in [-0.2, 0) is 0 Å². The van der Waals surface area contributed by atoms with E-state index in [4.69, 9.17) is 4.74 Å². The van der Waals surface area contributed by atoms with Crippen molar-refractivity contribution in [2.75, 3.05) is 7.11 Å². The summed E-state index contributed by atoms with van der Waals surface area (Å²) in [5.74, 6) is 1.46. The van der Waals surface area contributed by atoms with Gasteiger partial charge >= 0.3 is 0 Å². The molecule has 1 aliphatic rings. The Kier molecular flexibility index (Phi) is 3.58. The predicted molar refractivity (Wildman–Crippen MR) is 78.0 cm³/mol. The molecule has 1 aromatic heterocycles. The second-order valence-electron chi connectivity index (χ2n) is 5.05. The first-order valence-electron chi connectivity index (χ1n) is 6.69. The van der Waals surface area contributed by atoms with E-state index in [2.05, 4.69) is 12.1 Å². The Morgan fingerprint density at radius 2 is 2.16 bits per heavy atom. The van der Waals surface area contributed by atoms with Gasteiger partial charge in [0, 0.05) is 0 Å². The minimum Gasteiger partial charge on any atom is -0.495 e. The highest BCUT2D eigenvalue weighted by atomic mass is 32.1. The van der Waals surface area contributed by atoms with Crippen molar-refractivity contribution in [3.63, 3.8) is 0 Å². The fourth-order valence-electron chi connectivity index (χ4n) is 2.55. The van der Waals surface area contributed by atoms with Gasteiger partial charge in [-0.05, 0) is 41.3 Å². The third-order valence-corrected chi connectivity index (χ3v) is 4.88. The fourth-order valence-corrected chi connectivity index (χ4v) is 3.42. The van der Waals surface area contributed by atoms with E-state index >= 15 is 0 Å². The van der Waals surface area contributed by atoms with Crippen LogP contribution in [0.4, 0.5) is 0 Å². The predicted octanol–water partition coefficient (Wildman–Crippen LogP) is 4.11. The number of ether oxygens (including phenoxy) is 1. The van der Waals surface area contributed by atoms with Gasteiger partial charge in [-0.1, -0.05) is 30.7 Å². The monoisotopic (exact) mass is 274 g/mol. The summed E-state index contributed by atoms with van der Waals surface area (Å²) >= 11 is 1.54. The molecule has 1 heterocycles. The zero-order chi connectivity index (χ0) is 13.2. The summed E-state index contributed by atoms with van der Waals surface area (Å²) in [5, 5.41) is 12.5. The van der Waals surface area contributed by atoms with E-state index in [1.54, 1.807) is 7.11 Å². The zero-order valence-corrected chi connectivity index (χ0v) is 11.8. The van der Waals surface area contributed by atoms with Gasteiger partial charge in [0.1, 0.15) is 11.9 Å². The molecule has 1 saturated carbocycles. The normalized spacial score (nSPS) is 16.9. The van der Waals surface area contributed by atoms with Gasteiger partial charge in [-0.15, -0.1) is 11.3 Å². The molecule has 3 heteroatoms. The standard InChI is InChI=1S/C16H18O2S/c1-18-14-8-9-19-16(14)15(17)13-7-3-6-12(10-13)11-4-2-5-11/h3,6-11,15,17H,2,4-5H2,1H3. The number of hydrogen-bond donors (Lipinski definition) is 1. The Morgan fingerprint density at radius 1 is 1.32 bits per heavy atom. The molecule has 1 unspecified atom stereocenters. The molecule has 1 aliphatic carbocycles. The van der Waals surface area contributed by atoms with E-state index in [1.165, 1.54) is 36.2 Å². The van der Waals surface area contributed by atoms with Crippen molar-refractivity contribution in [2.24, 2.45) is 0 Å². The van der Waals surface area contributed by atoms with Crippen molar-refractivity contribution in [3.05, 3.63) is 51.7 Å². The number of aliphatic hydroxyl groups is 1. The smallest absolute Gasteiger partial charge is 0.135 e. The van der Waals surface area contributed by atoms with Crippen molar-refractivity contribution < 1.29 is 9.84 Å². The molecule has 1 fully saturated rings. The van der Waals surface area contributed by atoms with Crippen LogP contribution in [0.5, 0.6) is 5.75 Å². The summed E-state index contributed by atoms with van der Waals surface area (Å²) < 4.78 is 5.29. The van der Waals surface area contributed by atoms with E-state index in [0.717, 1.165) is 16.2 Å². The zero-order valence-electron chi connectivity index (χ0n) is 11.0. The van der Waals surface area contributed by atoms with Crippen molar-refractivity contribution in [1.82, 2.24) is 0 Å². The van der Waals surface area contributed by atoms with Crippen molar-refractivity contribution >= 4 is 11.3 Å². The van der Waals surface area contributed by atoms with Crippen molar-refractivity contribution in [2.45, 2.75) is 31.3 Å². The first kappa shape index (κ1) is 12.7. The van der Waals surface area contributed by atoms with Crippen LogP contribution in [0.25, 0.3) is 0 Å². The SMILES string of the molecule is COc1ccsc1C(O)c1cccc(C2CCC2)c1. The molecule has 1 N–H and O–H groups in total. The van der Waals surface area contributed by atoms with Crippen LogP contribution in [0, 0.1) is 0 Å². The number of aliphatic hydroxyl groups excluding tert-OH is 1. The highest BCUT2D eigenvalue weighted by molar-refractivity contribution is 7.10. The molecular formula is C16H18O2S. The fraction of sp³-hybridized carbons (Fsp3) is 0.375. The number of hydrogen-bond acceptors (Lipinski definition) is 3. The summed E-state index contributed by atoms with van der Waals surface area (Å²) in [7, 11) is 1.64. The Hall–Kier alpha value is -1.32. The lowest BCUT2D eigenvalue weighted by Gasteiger charge is -2.26. The molecule has 0 radical (unpaired) electrons. The van der Waals surface area contributed by atoms with Gasteiger partial charge in [0.05, 0.1) is 12.0 Å². The molecule has 0 saturated heterocycles. The van der Waals surface area contributed by atoms with Crippen LogP contribution in [0.15, 0.2) is 35.7 Å². The molecule has 0 amide bonds. The molecule has 0 spiro atoms. The summed E-state index contributed by atoms with van der Waals surface area (Å²) in [6, 6.07) is 10.3. The lowest BCUT2D eigenvalue weighted by atomic mass is 9.79. The number of benzene rings is 1. The average Bonchev–Trinajstić information content (AvgIpc) is 2.84. The van der Waals surface area contributed by atoms with Gasteiger partial charge in [0.25, 0.3) is 0 Å². The second kappa shape index (κ2) is 5.35. The Morgan fingerprint density at radius 3 is 2.84 bits per heavy atom. The van der Waals surface area contributed by atoms with E-state index in [9.17, 15) is 5.11 Å². The highest BCUT2D eigenvalue weighted by Crippen LogP contribution is 2.39. The number of thiophene rings is 1. The lowest BCUT2D eigenvalue weighted by Crippen LogP contribution is -2.09. The van der Waals surface area contributed by atoms with E-state index in [0.29, 0.717) is 5.92 Å². The molecule has 1 aromatic carbocycles. The third-order valence-electron chi connectivity index (χ3n) is 3.93. The Labute approximate surface area is 117 Å². The summed E-state index contributed by atoms with van der Waals surface area (Å²) in [6.45, 7) is 0. The molecule has 19 heavy (non-hydrogen) atoms. The van der Waals surface area contributed by atoms with Gasteiger partial charge < -0.3 is 9.84 Å². The van der Waals surface area contributed by atoms with Gasteiger partial charge in [-0.2, -0.15) is 0 Å². The van der Waals surface area contributed by atoms with Crippen LogP contribution >= 0.6 is 11.3 Å². The minimum atomic E-state index is -0.588. The van der Waals surface area contributed by atoms with Crippen molar-refractivity contribution in [3.8, 4) is 5.75 Å². The number of rotatable bonds is 4. The molecule has 3 rings (SSSR count). The summed E-state index contributed by atoms with van der Waals surface area (Å²) in [6.07, 6.45) is 3.30. The van der Waals surface area contributed by atoms with Crippen LogP contribution in [0.2, 0.25) is 0 Å². The maximum absolute atomic E-state index is 10.5. The molecule has 2 aromatic rings. The minimum absolute atomic E-state index is 0.588. The summed E-state index contributed by atoms with van der Waals surface area (Å²) in [4.78, 5) is 0.883. The third kappa shape index (κ3) is 2.40. The van der Waals surface area contributed by atoms with E-state index in [1.807, 2.05) is 23.6 Å². The quantitative estimate of drug-likeness (QED) is 0.909.